The Hall–Kier alpha value is -2.64. The van der Waals surface area contributed by atoms with E-state index in [2.05, 4.69) is 24.8 Å². The third kappa shape index (κ3) is 3.29. The first-order valence-corrected chi connectivity index (χ1v) is 8.45. The van der Waals surface area contributed by atoms with E-state index in [1.165, 1.54) is 0 Å². The van der Waals surface area contributed by atoms with Crippen molar-refractivity contribution in [1.29, 1.82) is 0 Å². The summed E-state index contributed by atoms with van der Waals surface area (Å²) in [7, 11) is 0. The second kappa shape index (κ2) is 7.08. The summed E-state index contributed by atoms with van der Waals surface area (Å²) in [5, 5.41) is 10.1. The molecule has 7 heteroatoms. The topological polar surface area (TPSA) is 78.3 Å². The lowest BCUT2D eigenvalue weighted by Gasteiger charge is -2.35. The van der Waals surface area contributed by atoms with Gasteiger partial charge in [0.1, 0.15) is 5.82 Å². The molecule has 0 bridgehead atoms. The molecule has 0 radical (unpaired) electrons. The molecule has 25 heavy (non-hydrogen) atoms. The standard InChI is InChI=1S/C18H20N6O/c25-12-11-23-7-9-24(10-8-23)18-15-3-6-20-13-16(15)21-17(22-18)14-1-4-19-5-2-14/h1-6,13,25H,7-12H2. The first kappa shape index (κ1) is 15.9. The molecule has 0 unspecified atom stereocenters. The Labute approximate surface area is 146 Å². The zero-order chi connectivity index (χ0) is 17.1. The molecule has 0 spiro atoms. The lowest BCUT2D eigenvalue weighted by atomic mass is 10.2. The fraction of sp³-hybridized carbons (Fsp3) is 0.333. The van der Waals surface area contributed by atoms with Crippen LogP contribution in [-0.4, -0.2) is 69.3 Å². The number of pyridine rings is 2. The molecule has 1 fully saturated rings. The molecule has 4 rings (SSSR count). The van der Waals surface area contributed by atoms with Crippen LogP contribution >= 0.6 is 0 Å². The zero-order valence-electron chi connectivity index (χ0n) is 13.9. The van der Waals surface area contributed by atoms with Crippen LogP contribution in [0.15, 0.2) is 43.0 Å². The van der Waals surface area contributed by atoms with E-state index in [1.807, 2.05) is 18.2 Å². The summed E-state index contributed by atoms with van der Waals surface area (Å²) in [4.78, 5) is 22.4. The normalized spacial score (nSPS) is 15.6. The maximum Gasteiger partial charge on any atom is 0.162 e. The monoisotopic (exact) mass is 336 g/mol. The molecular formula is C18H20N6O. The summed E-state index contributed by atoms with van der Waals surface area (Å²) in [5.74, 6) is 1.64. The van der Waals surface area contributed by atoms with Gasteiger partial charge in [-0.25, -0.2) is 9.97 Å². The highest BCUT2D eigenvalue weighted by Gasteiger charge is 2.20. The number of aliphatic hydroxyl groups is 1. The van der Waals surface area contributed by atoms with Crippen molar-refractivity contribution in [2.24, 2.45) is 0 Å². The highest BCUT2D eigenvalue weighted by molar-refractivity contribution is 5.90. The van der Waals surface area contributed by atoms with Gasteiger partial charge in [0.15, 0.2) is 5.82 Å². The second-order valence-electron chi connectivity index (χ2n) is 6.05. The third-order valence-electron chi connectivity index (χ3n) is 4.51. The molecule has 0 atom stereocenters. The molecule has 3 aromatic rings. The minimum absolute atomic E-state index is 0.203. The average Bonchev–Trinajstić information content (AvgIpc) is 2.69. The zero-order valence-corrected chi connectivity index (χ0v) is 13.9. The quantitative estimate of drug-likeness (QED) is 0.767. The molecule has 4 heterocycles. The third-order valence-corrected chi connectivity index (χ3v) is 4.51. The van der Waals surface area contributed by atoms with E-state index in [4.69, 9.17) is 10.1 Å². The van der Waals surface area contributed by atoms with Crippen molar-refractivity contribution in [2.75, 3.05) is 44.2 Å². The van der Waals surface area contributed by atoms with Gasteiger partial charge < -0.3 is 10.0 Å². The lowest BCUT2D eigenvalue weighted by molar-refractivity contribution is 0.188. The van der Waals surface area contributed by atoms with Gasteiger partial charge >= 0.3 is 0 Å². The van der Waals surface area contributed by atoms with Crippen LogP contribution in [0.2, 0.25) is 0 Å². The summed E-state index contributed by atoms with van der Waals surface area (Å²) in [5.41, 5.74) is 1.79. The van der Waals surface area contributed by atoms with E-state index in [0.717, 1.165) is 55.0 Å². The predicted octanol–water partition coefficient (Wildman–Crippen LogP) is 1.20. The maximum absolute atomic E-state index is 9.12. The van der Waals surface area contributed by atoms with E-state index in [9.17, 15) is 0 Å². The first-order valence-electron chi connectivity index (χ1n) is 8.45. The second-order valence-corrected chi connectivity index (χ2v) is 6.05. The molecule has 7 nitrogen and oxygen atoms in total. The molecule has 128 valence electrons. The summed E-state index contributed by atoms with van der Waals surface area (Å²) >= 11 is 0. The van der Waals surface area contributed by atoms with Gasteiger partial charge in [0.05, 0.1) is 18.3 Å². The van der Waals surface area contributed by atoms with Crippen LogP contribution in [0.25, 0.3) is 22.3 Å². The molecule has 1 saturated heterocycles. The van der Waals surface area contributed by atoms with E-state index < -0.39 is 0 Å². The van der Waals surface area contributed by atoms with Gasteiger partial charge in [0.2, 0.25) is 0 Å². The number of anilines is 1. The smallest absolute Gasteiger partial charge is 0.162 e. The van der Waals surface area contributed by atoms with Crippen molar-refractivity contribution in [3.8, 4) is 11.4 Å². The number of hydrogen-bond donors (Lipinski definition) is 1. The predicted molar refractivity (Wildman–Crippen MR) is 96.3 cm³/mol. The number of aliphatic hydroxyl groups excluding tert-OH is 1. The number of aromatic nitrogens is 4. The van der Waals surface area contributed by atoms with Crippen LogP contribution < -0.4 is 4.90 Å². The number of β-amino-alcohol motifs (C(OH)–C–C–N with tert-alkyl or cyclic N) is 1. The van der Waals surface area contributed by atoms with Gasteiger partial charge in [-0.05, 0) is 18.2 Å². The number of hydrogen-bond acceptors (Lipinski definition) is 7. The fourth-order valence-corrected chi connectivity index (χ4v) is 3.16. The Kier molecular flexibility index (Phi) is 4.49. The Bertz CT molecular complexity index is 849. The summed E-state index contributed by atoms with van der Waals surface area (Å²) < 4.78 is 0. The van der Waals surface area contributed by atoms with Crippen molar-refractivity contribution in [3.05, 3.63) is 43.0 Å². The van der Waals surface area contributed by atoms with Crippen molar-refractivity contribution in [2.45, 2.75) is 0 Å². The highest BCUT2D eigenvalue weighted by atomic mass is 16.3. The van der Waals surface area contributed by atoms with E-state index in [-0.39, 0.29) is 6.61 Å². The number of nitrogens with zero attached hydrogens (tertiary/aromatic N) is 6. The Morgan fingerprint density at radius 1 is 0.920 bits per heavy atom. The highest BCUT2D eigenvalue weighted by Crippen LogP contribution is 2.27. The molecule has 0 aliphatic carbocycles. The summed E-state index contributed by atoms with van der Waals surface area (Å²) in [6, 6.07) is 5.81. The molecular weight excluding hydrogens is 316 g/mol. The molecule has 1 aliphatic rings. The number of piperazine rings is 1. The van der Waals surface area contributed by atoms with Crippen LogP contribution in [0.5, 0.6) is 0 Å². The molecule has 0 saturated carbocycles. The van der Waals surface area contributed by atoms with Gasteiger partial charge in [-0.2, -0.15) is 0 Å². The van der Waals surface area contributed by atoms with E-state index >= 15 is 0 Å². The van der Waals surface area contributed by atoms with Crippen LogP contribution in [0.3, 0.4) is 0 Å². The van der Waals surface area contributed by atoms with Crippen LogP contribution in [0, 0.1) is 0 Å². The van der Waals surface area contributed by atoms with Crippen molar-refractivity contribution >= 4 is 16.7 Å². The van der Waals surface area contributed by atoms with Gasteiger partial charge in [-0.1, -0.05) is 0 Å². The van der Waals surface area contributed by atoms with Gasteiger partial charge in [-0.15, -0.1) is 0 Å². The Morgan fingerprint density at radius 2 is 1.68 bits per heavy atom. The Balaban J connectivity index is 1.72. The molecule has 1 aliphatic heterocycles. The van der Waals surface area contributed by atoms with Crippen LogP contribution in [-0.2, 0) is 0 Å². The van der Waals surface area contributed by atoms with Crippen molar-refractivity contribution in [1.82, 2.24) is 24.8 Å². The van der Waals surface area contributed by atoms with Gasteiger partial charge in [0.25, 0.3) is 0 Å². The van der Waals surface area contributed by atoms with Crippen LogP contribution in [0.1, 0.15) is 0 Å². The molecule has 1 N–H and O–H groups in total. The van der Waals surface area contributed by atoms with Crippen LogP contribution in [0.4, 0.5) is 5.82 Å². The van der Waals surface area contributed by atoms with Crippen molar-refractivity contribution < 1.29 is 5.11 Å². The summed E-state index contributed by atoms with van der Waals surface area (Å²) in [6.45, 7) is 4.52. The fourth-order valence-electron chi connectivity index (χ4n) is 3.16. The number of rotatable bonds is 4. The van der Waals surface area contributed by atoms with Crippen molar-refractivity contribution in [3.63, 3.8) is 0 Å². The average molecular weight is 336 g/mol. The number of fused-ring (bicyclic) bond motifs is 1. The molecule has 3 aromatic heterocycles. The lowest BCUT2D eigenvalue weighted by Crippen LogP contribution is -2.47. The van der Waals surface area contributed by atoms with E-state index in [1.54, 1.807) is 24.8 Å². The largest absolute Gasteiger partial charge is 0.395 e. The van der Waals surface area contributed by atoms with E-state index in [0.29, 0.717) is 5.82 Å². The maximum atomic E-state index is 9.12. The summed E-state index contributed by atoms with van der Waals surface area (Å²) in [6.07, 6.45) is 7.06. The minimum Gasteiger partial charge on any atom is -0.395 e. The molecule has 0 amide bonds. The Morgan fingerprint density at radius 3 is 2.44 bits per heavy atom. The SMILES string of the molecule is OCCN1CCN(c2nc(-c3ccncc3)nc3cnccc23)CC1. The minimum atomic E-state index is 0.203. The van der Waals surface area contributed by atoms with Gasteiger partial charge in [0, 0.05) is 62.3 Å². The van der Waals surface area contributed by atoms with Gasteiger partial charge in [-0.3, -0.25) is 14.9 Å². The first-order chi connectivity index (χ1) is 12.3. The molecule has 0 aromatic carbocycles.